The van der Waals surface area contributed by atoms with Crippen LogP contribution in [0.25, 0.3) is 0 Å². The van der Waals surface area contributed by atoms with Crippen molar-refractivity contribution in [3.63, 3.8) is 0 Å². The van der Waals surface area contributed by atoms with Crippen molar-refractivity contribution in [2.24, 2.45) is 0 Å². The molecule has 0 aliphatic rings. The lowest BCUT2D eigenvalue weighted by Gasteiger charge is -2.21. The van der Waals surface area contributed by atoms with Gasteiger partial charge in [-0.2, -0.15) is 27.2 Å². The minimum atomic E-state index is -6.07. The Bertz CT molecular complexity index is 1420. The molecule has 1 aromatic carbocycles. The second kappa shape index (κ2) is 8.69. The number of nitrogens with zero attached hydrogens (tertiary/aromatic N) is 4. The van der Waals surface area contributed by atoms with Crippen molar-refractivity contribution in [1.29, 1.82) is 5.26 Å². The Hall–Kier alpha value is -4.08. The number of halogens is 5. The highest BCUT2D eigenvalue weighted by atomic mass is 19.4. The first kappa shape index (κ1) is 24.6. The summed E-state index contributed by atoms with van der Waals surface area (Å²) in [5, 5.41) is 9.09. The summed E-state index contributed by atoms with van der Waals surface area (Å²) in [6.07, 6.45) is -5.60. The Morgan fingerprint density at radius 2 is 1.79 bits per heavy atom. The Balaban J connectivity index is 2.22. The van der Waals surface area contributed by atoms with Gasteiger partial charge >= 0.3 is 12.1 Å². The molecular weight excluding hydrogens is 465 g/mol. The van der Waals surface area contributed by atoms with E-state index in [1.807, 2.05) is 0 Å². The van der Waals surface area contributed by atoms with Crippen LogP contribution in [-0.4, -0.2) is 25.7 Å². The van der Waals surface area contributed by atoms with E-state index in [9.17, 15) is 31.5 Å². The van der Waals surface area contributed by atoms with E-state index in [4.69, 9.17) is 10.00 Å². The molecule has 0 radical (unpaired) electrons. The second-order valence-electron chi connectivity index (χ2n) is 7.39. The molecule has 0 bridgehead atoms. The molecule has 34 heavy (non-hydrogen) atoms. The molecule has 0 fully saturated rings. The highest BCUT2D eigenvalue weighted by molar-refractivity contribution is 5.43. The minimum absolute atomic E-state index is 0.0243. The molecule has 0 atom stereocenters. The van der Waals surface area contributed by atoms with Gasteiger partial charge in [-0.3, -0.25) is 14.2 Å². The fourth-order valence-corrected chi connectivity index (χ4v) is 3.13. The van der Waals surface area contributed by atoms with Crippen molar-refractivity contribution in [3.8, 4) is 17.6 Å². The average Bonchev–Trinajstić information content (AvgIpc) is 2.71. The van der Waals surface area contributed by atoms with Crippen molar-refractivity contribution in [2.75, 3.05) is 0 Å². The van der Waals surface area contributed by atoms with Crippen LogP contribution >= 0.6 is 0 Å². The van der Waals surface area contributed by atoms with Crippen LogP contribution in [0.4, 0.5) is 22.0 Å². The monoisotopic (exact) mass is 481 g/mol. The number of hydrogen-bond donors (Lipinski definition) is 1. The smallest absolute Gasteiger partial charge is 0.449 e. The first-order chi connectivity index (χ1) is 15.7. The van der Waals surface area contributed by atoms with E-state index in [-0.39, 0.29) is 28.4 Å². The van der Waals surface area contributed by atoms with E-state index in [1.165, 1.54) is 32.9 Å². The van der Waals surface area contributed by atoms with Gasteiger partial charge in [0.05, 0.1) is 30.1 Å². The Labute approximate surface area is 188 Å². The number of nitriles is 1. The number of alkyl halides is 5. The van der Waals surface area contributed by atoms with Gasteiger partial charge in [-0.05, 0) is 44.5 Å². The maximum absolute atomic E-state index is 14.2. The zero-order valence-corrected chi connectivity index (χ0v) is 17.9. The molecule has 0 spiro atoms. The Morgan fingerprint density at radius 1 is 1.12 bits per heavy atom. The van der Waals surface area contributed by atoms with Gasteiger partial charge in [0, 0.05) is 5.69 Å². The predicted molar refractivity (Wildman–Crippen MR) is 108 cm³/mol. The van der Waals surface area contributed by atoms with Gasteiger partial charge < -0.3 is 9.72 Å². The number of aromatic amines is 1. The molecule has 2 aromatic heterocycles. The van der Waals surface area contributed by atoms with Crippen LogP contribution in [0.1, 0.15) is 33.9 Å². The molecule has 0 saturated heterocycles. The average molecular weight is 481 g/mol. The van der Waals surface area contributed by atoms with Gasteiger partial charge in [0.1, 0.15) is 11.6 Å². The normalized spacial score (nSPS) is 11.9. The van der Waals surface area contributed by atoms with Crippen LogP contribution in [0.5, 0.6) is 11.5 Å². The number of rotatable bonds is 5. The van der Waals surface area contributed by atoms with E-state index in [1.54, 1.807) is 6.07 Å². The van der Waals surface area contributed by atoms with E-state index in [0.717, 1.165) is 6.07 Å². The third-order valence-corrected chi connectivity index (χ3v) is 4.72. The van der Waals surface area contributed by atoms with Crippen molar-refractivity contribution < 1.29 is 26.7 Å². The fraction of sp³-hybridized carbons (Fsp3) is 0.286. The summed E-state index contributed by atoms with van der Waals surface area (Å²) in [5.74, 6) is -6.96. The Morgan fingerprint density at radius 3 is 2.38 bits per heavy atom. The first-order valence-corrected chi connectivity index (χ1v) is 9.55. The number of benzene rings is 1. The number of nitrogens with one attached hydrogen (secondary N) is 1. The molecule has 178 valence electrons. The SMILES string of the molecule is Cc1cc(C#N)cc(Oc2c(C(F)(F)C(F)(F)F)ncn(Cc3c(C)nc(C)[nH]c3=O)c2=O)c1. The number of aryl methyl sites for hydroxylation is 3. The lowest BCUT2D eigenvalue weighted by molar-refractivity contribution is -0.291. The van der Waals surface area contributed by atoms with E-state index >= 15 is 0 Å². The summed E-state index contributed by atoms with van der Waals surface area (Å²) in [6.45, 7) is 3.99. The van der Waals surface area contributed by atoms with Crippen LogP contribution in [0, 0.1) is 32.1 Å². The van der Waals surface area contributed by atoms with Crippen LogP contribution < -0.4 is 15.9 Å². The molecule has 1 N–H and O–H groups in total. The maximum Gasteiger partial charge on any atom is 0.459 e. The number of ether oxygens (including phenoxy) is 1. The summed E-state index contributed by atoms with van der Waals surface area (Å²) >= 11 is 0. The van der Waals surface area contributed by atoms with Crippen LogP contribution in [-0.2, 0) is 12.5 Å². The second-order valence-corrected chi connectivity index (χ2v) is 7.39. The lowest BCUT2D eigenvalue weighted by atomic mass is 10.1. The maximum atomic E-state index is 14.2. The van der Waals surface area contributed by atoms with Crippen molar-refractivity contribution >= 4 is 0 Å². The zero-order chi connectivity index (χ0) is 25.4. The van der Waals surface area contributed by atoms with Gasteiger partial charge in [0.2, 0.25) is 5.75 Å². The van der Waals surface area contributed by atoms with Crippen LogP contribution in [0.2, 0.25) is 0 Å². The van der Waals surface area contributed by atoms with E-state index in [2.05, 4.69) is 15.0 Å². The molecular formula is C21H16F5N5O3. The van der Waals surface area contributed by atoms with Crippen LogP contribution in [0.15, 0.2) is 34.1 Å². The van der Waals surface area contributed by atoms with E-state index in [0.29, 0.717) is 16.5 Å². The summed E-state index contributed by atoms with van der Waals surface area (Å²) in [7, 11) is 0. The van der Waals surface area contributed by atoms with Gasteiger partial charge in [-0.15, -0.1) is 0 Å². The highest BCUT2D eigenvalue weighted by Crippen LogP contribution is 2.45. The van der Waals surface area contributed by atoms with Gasteiger partial charge in [0.25, 0.3) is 11.1 Å². The van der Waals surface area contributed by atoms with Gasteiger partial charge in [-0.25, -0.2) is 9.97 Å². The summed E-state index contributed by atoms with van der Waals surface area (Å²) in [6, 6.07) is 5.51. The number of H-pyrrole nitrogens is 1. The highest BCUT2D eigenvalue weighted by Gasteiger charge is 2.62. The molecule has 8 nitrogen and oxygen atoms in total. The fourth-order valence-electron chi connectivity index (χ4n) is 3.13. The van der Waals surface area contributed by atoms with E-state index < -0.39 is 41.2 Å². The van der Waals surface area contributed by atoms with Crippen molar-refractivity contribution in [3.05, 3.63) is 79.1 Å². The van der Waals surface area contributed by atoms with Crippen molar-refractivity contribution in [1.82, 2.24) is 19.5 Å². The largest absolute Gasteiger partial charge is 0.459 e. The molecule has 0 amide bonds. The predicted octanol–water partition coefficient (Wildman–Crippen LogP) is 3.62. The van der Waals surface area contributed by atoms with Gasteiger partial charge in [-0.1, -0.05) is 0 Å². The van der Waals surface area contributed by atoms with Crippen LogP contribution in [0.3, 0.4) is 0 Å². The minimum Gasteiger partial charge on any atom is -0.449 e. The molecule has 3 aromatic rings. The number of hydrogen-bond acceptors (Lipinski definition) is 6. The summed E-state index contributed by atoms with van der Waals surface area (Å²) in [5.41, 5.74) is -3.33. The Kier molecular flexibility index (Phi) is 6.28. The zero-order valence-electron chi connectivity index (χ0n) is 17.9. The standard InChI is InChI=1S/C21H16F5N5O3/c1-10-4-13(7-27)6-14(5-10)34-16-17(20(22,23)21(24,25)26)28-9-31(19(16)33)8-15-11(2)29-12(3)30-18(15)32/h4-6,9H,8H2,1-3H3,(H,29,30,32). The molecule has 13 heteroatoms. The molecule has 0 aliphatic carbocycles. The third kappa shape index (κ3) is 4.66. The molecule has 0 unspecified atom stereocenters. The molecule has 0 aliphatic heterocycles. The lowest BCUT2D eigenvalue weighted by Crippen LogP contribution is -2.38. The van der Waals surface area contributed by atoms with Crippen molar-refractivity contribution in [2.45, 2.75) is 39.4 Å². The first-order valence-electron chi connectivity index (χ1n) is 9.55. The summed E-state index contributed by atoms with van der Waals surface area (Å²) < 4.78 is 73.6. The third-order valence-electron chi connectivity index (χ3n) is 4.72. The summed E-state index contributed by atoms with van der Waals surface area (Å²) in [4.78, 5) is 34.9. The molecule has 2 heterocycles. The van der Waals surface area contributed by atoms with Gasteiger partial charge in [0.15, 0.2) is 5.69 Å². The quantitative estimate of drug-likeness (QED) is 0.557. The molecule has 0 saturated carbocycles. The number of aromatic nitrogens is 4. The topological polar surface area (TPSA) is 114 Å². The molecule has 3 rings (SSSR count).